The van der Waals surface area contributed by atoms with Crippen molar-refractivity contribution in [3.63, 3.8) is 0 Å². The van der Waals surface area contributed by atoms with Crippen molar-refractivity contribution < 1.29 is 4.92 Å². The van der Waals surface area contributed by atoms with E-state index in [0.717, 1.165) is 18.7 Å². The summed E-state index contributed by atoms with van der Waals surface area (Å²) in [5, 5.41) is 10.5. The van der Waals surface area contributed by atoms with Crippen molar-refractivity contribution in [3.05, 3.63) is 27.9 Å². The minimum atomic E-state index is -0.318. The van der Waals surface area contributed by atoms with E-state index < -0.39 is 0 Å². The van der Waals surface area contributed by atoms with Gasteiger partial charge in [-0.05, 0) is 11.0 Å². The average molecular weight is 166 g/mol. The van der Waals surface area contributed by atoms with Gasteiger partial charge in [-0.2, -0.15) is 0 Å². The Morgan fingerprint density at radius 3 is 3.08 bits per heavy atom. The molecule has 0 saturated heterocycles. The topological polar surface area (TPSA) is 48.1 Å². The molecule has 12 heavy (non-hydrogen) atoms. The van der Waals surface area contributed by atoms with Gasteiger partial charge in [-0.15, -0.1) is 0 Å². The van der Waals surface area contributed by atoms with Gasteiger partial charge >= 0.3 is 5.82 Å². The molecule has 0 amide bonds. The van der Waals surface area contributed by atoms with Crippen LogP contribution in [0.1, 0.15) is 12.6 Å². The van der Waals surface area contributed by atoms with Crippen molar-refractivity contribution in [2.75, 3.05) is 0 Å². The third-order valence-corrected chi connectivity index (χ3v) is 2.29. The van der Waals surface area contributed by atoms with Crippen LogP contribution in [0.15, 0.2) is 12.1 Å². The zero-order valence-electron chi connectivity index (χ0n) is 6.86. The third kappa shape index (κ3) is 0.913. The van der Waals surface area contributed by atoms with Gasteiger partial charge in [-0.1, -0.05) is 6.92 Å². The first-order valence-corrected chi connectivity index (χ1v) is 4.01. The molecule has 1 unspecified atom stereocenters. The summed E-state index contributed by atoms with van der Waals surface area (Å²) in [5.41, 5.74) is 1.09. The summed E-state index contributed by atoms with van der Waals surface area (Å²) in [6.45, 7) is 2.90. The van der Waals surface area contributed by atoms with Crippen LogP contribution in [0.4, 0.5) is 5.82 Å². The average Bonchev–Trinajstić information content (AvgIpc) is 2.43. The first-order chi connectivity index (χ1) is 5.68. The number of aromatic nitrogens is 1. The molecule has 4 heteroatoms. The predicted molar refractivity (Wildman–Crippen MR) is 44.0 cm³/mol. The lowest BCUT2D eigenvalue weighted by molar-refractivity contribution is -0.392. The summed E-state index contributed by atoms with van der Waals surface area (Å²) in [6, 6.07) is 3.43. The van der Waals surface area contributed by atoms with Crippen LogP contribution in [-0.4, -0.2) is 9.49 Å². The number of hydrogen-bond donors (Lipinski definition) is 0. The molecule has 2 rings (SSSR count). The number of nitro groups is 1. The fourth-order valence-corrected chi connectivity index (χ4v) is 1.78. The molecular formula is C8H10N2O2. The molecule has 0 N–H and O–H groups in total. The lowest BCUT2D eigenvalue weighted by atomic mass is 10.1. The molecule has 1 aliphatic rings. The largest absolute Gasteiger partial charge is 0.358 e. The lowest BCUT2D eigenvalue weighted by Crippen LogP contribution is -2.01. The maximum Gasteiger partial charge on any atom is 0.323 e. The van der Waals surface area contributed by atoms with Crippen molar-refractivity contribution in [1.82, 2.24) is 4.57 Å². The summed E-state index contributed by atoms with van der Waals surface area (Å²) in [5.74, 6) is 0.772. The predicted octanol–water partition coefficient (Wildman–Crippen LogP) is 1.59. The third-order valence-electron chi connectivity index (χ3n) is 2.29. The number of rotatable bonds is 1. The Kier molecular flexibility index (Phi) is 1.43. The van der Waals surface area contributed by atoms with Crippen LogP contribution in [0, 0.1) is 16.0 Å². The first kappa shape index (κ1) is 7.34. The molecule has 4 nitrogen and oxygen atoms in total. The minimum absolute atomic E-state index is 0.231. The quantitative estimate of drug-likeness (QED) is 0.469. The Labute approximate surface area is 70.0 Å². The van der Waals surface area contributed by atoms with Crippen molar-refractivity contribution in [1.29, 1.82) is 0 Å². The van der Waals surface area contributed by atoms with E-state index in [1.165, 1.54) is 0 Å². The summed E-state index contributed by atoms with van der Waals surface area (Å²) < 4.78 is 1.80. The fraction of sp³-hybridized carbons (Fsp3) is 0.500. The molecule has 0 spiro atoms. The number of nitrogens with zero attached hydrogens (tertiary/aromatic N) is 2. The molecule has 1 aromatic rings. The summed E-state index contributed by atoms with van der Waals surface area (Å²) in [6.07, 6.45) is 0.966. The molecule has 0 aromatic carbocycles. The number of fused-ring (bicyclic) bond motifs is 1. The molecule has 0 radical (unpaired) electrons. The fourth-order valence-electron chi connectivity index (χ4n) is 1.78. The van der Waals surface area contributed by atoms with E-state index in [9.17, 15) is 10.1 Å². The van der Waals surface area contributed by atoms with Gasteiger partial charge in [-0.3, -0.25) is 0 Å². The molecule has 0 fully saturated rings. The van der Waals surface area contributed by atoms with Crippen LogP contribution >= 0.6 is 0 Å². The van der Waals surface area contributed by atoms with Gasteiger partial charge in [0.05, 0.1) is 6.54 Å². The maximum absolute atomic E-state index is 10.5. The molecule has 0 bridgehead atoms. The van der Waals surface area contributed by atoms with Gasteiger partial charge < -0.3 is 10.1 Å². The molecule has 2 heterocycles. The summed E-state index contributed by atoms with van der Waals surface area (Å²) >= 11 is 0. The van der Waals surface area contributed by atoms with Crippen LogP contribution in [0.3, 0.4) is 0 Å². The van der Waals surface area contributed by atoms with E-state index in [4.69, 9.17) is 0 Å². The Morgan fingerprint density at radius 1 is 1.67 bits per heavy atom. The molecular weight excluding hydrogens is 156 g/mol. The SMILES string of the molecule is CC1Cc2ccc([N+](=O)[O-])n2C1. The van der Waals surface area contributed by atoms with Crippen molar-refractivity contribution in [2.45, 2.75) is 19.9 Å². The Balaban J connectivity index is 2.43. The molecule has 0 aliphatic carbocycles. The van der Waals surface area contributed by atoms with E-state index in [1.807, 2.05) is 6.07 Å². The van der Waals surface area contributed by atoms with Crippen LogP contribution in [0.5, 0.6) is 0 Å². The van der Waals surface area contributed by atoms with Gasteiger partial charge in [0.1, 0.15) is 5.69 Å². The van der Waals surface area contributed by atoms with Crippen LogP contribution in [0.25, 0.3) is 0 Å². The van der Waals surface area contributed by atoms with Crippen LogP contribution in [-0.2, 0) is 13.0 Å². The number of hydrogen-bond acceptors (Lipinski definition) is 2. The Morgan fingerprint density at radius 2 is 2.42 bits per heavy atom. The van der Waals surface area contributed by atoms with Gasteiger partial charge in [0.25, 0.3) is 0 Å². The lowest BCUT2D eigenvalue weighted by Gasteiger charge is -1.97. The zero-order chi connectivity index (χ0) is 8.72. The summed E-state index contributed by atoms with van der Waals surface area (Å²) in [7, 11) is 0. The van der Waals surface area contributed by atoms with Gasteiger partial charge in [0, 0.05) is 18.4 Å². The molecule has 0 saturated carbocycles. The first-order valence-electron chi connectivity index (χ1n) is 4.01. The monoisotopic (exact) mass is 166 g/mol. The molecule has 1 aromatic heterocycles. The van der Waals surface area contributed by atoms with Crippen molar-refractivity contribution in [2.24, 2.45) is 5.92 Å². The van der Waals surface area contributed by atoms with Gasteiger partial charge in [0.15, 0.2) is 0 Å². The zero-order valence-corrected chi connectivity index (χ0v) is 6.86. The van der Waals surface area contributed by atoms with Crippen molar-refractivity contribution >= 4 is 5.82 Å². The minimum Gasteiger partial charge on any atom is -0.358 e. The molecule has 1 atom stereocenters. The second-order valence-electron chi connectivity index (χ2n) is 3.36. The van der Waals surface area contributed by atoms with Gasteiger partial charge in [0.2, 0.25) is 0 Å². The highest BCUT2D eigenvalue weighted by atomic mass is 16.6. The molecule has 64 valence electrons. The Hall–Kier alpha value is -1.32. The smallest absolute Gasteiger partial charge is 0.323 e. The van der Waals surface area contributed by atoms with Crippen LogP contribution in [0.2, 0.25) is 0 Å². The standard InChI is InChI=1S/C8H10N2O2/c1-6-4-7-2-3-8(10(11)12)9(7)5-6/h2-3,6H,4-5H2,1H3. The normalized spacial score (nSPS) is 20.9. The molecule has 1 aliphatic heterocycles. The van der Waals surface area contributed by atoms with Gasteiger partial charge in [-0.25, -0.2) is 4.57 Å². The highest BCUT2D eigenvalue weighted by molar-refractivity contribution is 5.29. The van der Waals surface area contributed by atoms with Crippen molar-refractivity contribution in [3.8, 4) is 0 Å². The highest BCUT2D eigenvalue weighted by Crippen LogP contribution is 2.27. The second-order valence-corrected chi connectivity index (χ2v) is 3.36. The van der Waals surface area contributed by atoms with E-state index in [2.05, 4.69) is 6.92 Å². The highest BCUT2D eigenvalue weighted by Gasteiger charge is 2.27. The van der Waals surface area contributed by atoms with E-state index >= 15 is 0 Å². The van der Waals surface area contributed by atoms with Crippen LogP contribution < -0.4 is 0 Å². The van der Waals surface area contributed by atoms with E-state index in [1.54, 1.807) is 10.6 Å². The maximum atomic E-state index is 10.5. The van der Waals surface area contributed by atoms with E-state index in [-0.39, 0.29) is 10.7 Å². The Bertz CT molecular complexity index is 330. The summed E-state index contributed by atoms with van der Waals surface area (Å²) in [4.78, 5) is 10.2. The second kappa shape index (κ2) is 2.33. The van der Waals surface area contributed by atoms with E-state index in [0.29, 0.717) is 5.92 Å².